The van der Waals surface area contributed by atoms with Crippen LogP contribution in [0.1, 0.15) is 53.9 Å². The zero-order valence-electron chi connectivity index (χ0n) is 14.1. The first-order valence-corrected chi connectivity index (χ1v) is 7.27. The van der Waals surface area contributed by atoms with Gasteiger partial charge < -0.3 is 20.5 Å². The van der Waals surface area contributed by atoms with E-state index in [0.29, 0.717) is 19.4 Å². The van der Waals surface area contributed by atoms with Gasteiger partial charge in [0.1, 0.15) is 6.04 Å². The third-order valence-corrected chi connectivity index (χ3v) is 2.87. The van der Waals surface area contributed by atoms with Gasteiger partial charge in [0, 0.05) is 19.3 Å². The molecule has 0 aromatic carbocycles. The molecule has 21 heavy (non-hydrogen) atoms. The molecule has 1 unspecified atom stereocenters. The summed E-state index contributed by atoms with van der Waals surface area (Å²) in [4.78, 5) is 23.1. The Balaban J connectivity index is 4.46. The van der Waals surface area contributed by atoms with Crippen molar-refractivity contribution in [3.63, 3.8) is 0 Å². The Labute approximate surface area is 127 Å². The average Bonchev–Trinajstić information content (AvgIpc) is 2.23. The molecule has 6 nitrogen and oxygen atoms in total. The largest absolute Gasteiger partial charge is 0.480 e. The van der Waals surface area contributed by atoms with Crippen molar-refractivity contribution in [3.05, 3.63) is 0 Å². The Morgan fingerprint density at radius 2 is 1.76 bits per heavy atom. The summed E-state index contributed by atoms with van der Waals surface area (Å²) >= 11 is 0. The summed E-state index contributed by atoms with van der Waals surface area (Å²) in [6, 6.07) is -1.35. The van der Waals surface area contributed by atoms with Crippen LogP contribution in [0.3, 0.4) is 0 Å². The number of urea groups is 1. The summed E-state index contributed by atoms with van der Waals surface area (Å²) in [7, 11) is 1.56. The maximum atomic E-state index is 12.0. The van der Waals surface area contributed by atoms with Gasteiger partial charge in [0.25, 0.3) is 0 Å². The van der Waals surface area contributed by atoms with E-state index in [1.807, 2.05) is 13.8 Å². The predicted octanol–water partition coefficient (Wildman–Crippen LogP) is 2.38. The molecular formula is C15H30N2O4. The number of methoxy groups -OCH3 is 1. The van der Waals surface area contributed by atoms with Crippen molar-refractivity contribution in [1.82, 2.24) is 10.6 Å². The van der Waals surface area contributed by atoms with Crippen LogP contribution < -0.4 is 10.6 Å². The van der Waals surface area contributed by atoms with Crippen LogP contribution in [-0.4, -0.2) is 42.4 Å². The number of hydrogen-bond donors (Lipinski definition) is 3. The van der Waals surface area contributed by atoms with Crippen LogP contribution >= 0.6 is 0 Å². The molecule has 0 aliphatic carbocycles. The molecule has 0 saturated heterocycles. The highest BCUT2D eigenvalue weighted by Crippen LogP contribution is 2.26. The fraction of sp³-hybridized carbons (Fsp3) is 0.867. The molecule has 0 radical (unpaired) electrons. The maximum absolute atomic E-state index is 12.0. The quantitative estimate of drug-likeness (QED) is 0.601. The summed E-state index contributed by atoms with van der Waals surface area (Å²) in [5.41, 5.74) is -0.334. The normalized spacial score (nSPS) is 13.6. The van der Waals surface area contributed by atoms with E-state index in [1.54, 1.807) is 7.11 Å². The number of nitrogens with one attached hydrogen (secondary N) is 2. The first kappa shape index (κ1) is 19.7. The number of carboxylic acid groups (broad SMARTS) is 1. The van der Waals surface area contributed by atoms with Gasteiger partial charge in [-0.15, -0.1) is 0 Å². The van der Waals surface area contributed by atoms with Gasteiger partial charge in [0.15, 0.2) is 0 Å². The maximum Gasteiger partial charge on any atom is 0.326 e. The monoisotopic (exact) mass is 302 g/mol. The van der Waals surface area contributed by atoms with Crippen molar-refractivity contribution < 1.29 is 19.4 Å². The molecule has 1 atom stereocenters. The lowest BCUT2D eigenvalue weighted by Crippen LogP contribution is -2.53. The second kappa shape index (κ2) is 8.22. The highest BCUT2D eigenvalue weighted by molar-refractivity contribution is 5.82. The van der Waals surface area contributed by atoms with Gasteiger partial charge in [-0.05, 0) is 38.5 Å². The minimum atomic E-state index is -1.03. The number of aliphatic carboxylic acids is 1. The molecule has 0 heterocycles. The van der Waals surface area contributed by atoms with Gasteiger partial charge >= 0.3 is 12.0 Å². The number of carbonyl (C=O) groups excluding carboxylic acids is 1. The highest BCUT2D eigenvalue weighted by Gasteiger charge is 2.28. The standard InChI is InChI=1S/C15H30N2O4/c1-14(2,3)10-15(4,5)17-13(20)16-11(12(18)19)8-7-9-21-6/h11H,7-10H2,1-6H3,(H,18,19)(H2,16,17,20). The molecule has 124 valence electrons. The Morgan fingerprint density at radius 1 is 1.19 bits per heavy atom. The van der Waals surface area contributed by atoms with E-state index in [1.165, 1.54) is 0 Å². The number of ether oxygens (including phenoxy) is 1. The SMILES string of the molecule is COCCCC(NC(=O)NC(C)(C)CC(C)(C)C)C(=O)O. The molecule has 0 fully saturated rings. The van der Waals surface area contributed by atoms with Crippen molar-refractivity contribution in [2.24, 2.45) is 5.41 Å². The van der Waals surface area contributed by atoms with Crippen molar-refractivity contribution in [2.75, 3.05) is 13.7 Å². The fourth-order valence-electron chi connectivity index (χ4n) is 2.56. The van der Waals surface area contributed by atoms with E-state index in [4.69, 9.17) is 9.84 Å². The molecule has 6 heteroatoms. The van der Waals surface area contributed by atoms with Gasteiger partial charge in [0.2, 0.25) is 0 Å². The van der Waals surface area contributed by atoms with Gasteiger partial charge in [-0.1, -0.05) is 20.8 Å². The zero-order chi connectivity index (χ0) is 16.7. The molecule has 0 saturated carbocycles. The van der Waals surface area contributed by atoms with Crippen LogP contribution in [-0.2, 0) is 9.53 Å². The number of hydrogen-bond acceptors (Lipinski definition) is 3. The van der Waals surface area contributed by atoms with Crippen LogP contribution in [0.4, 0.5) is 4.79 Å². The van der Waals surface area contributed by atoms with E-state index in [0.717, 1.165) is 6.42 Å². The zero-order valence-corrected chi connectivity index (χ0v) is 14.1. The Bertz CT molecular complexity index is 348. The molecule has 0 spiro atoms. The molecule has 2 amide bonds. The van der Waals surface area contributed by atoms with Crippen molar-refractivity contribution >= 4 is 12.0 Å². The lowest BCUT2D eigenvalue weighted by atomic mass is 9.82. The molecule has 3 N–H and O–H groups in total. The summed E-state index contributed by atoms with van der Waals surface area (Å²) in [6.07, 6.45) is 1.71. The number of carbonyl (C=O) groups is 2. The van der Waals surface area contributed by atoms with Gasteiger partial charge in [0.05, 0.1) is 0 Å². The fourth-order valence-corrected chi connectivity index (χ4v) is 2.56. The first-order chi connectivity index (χ1) is 9.47. The smallest absolute Gasteiger partial charge is 0.326 e. The second-order valence-corrected chi connectivity index (χ2v) is 7.25. The molecule has 0 rings (SSSR count). The van der Waals surface area contributed by atoms with E-state index in [-0.39, 0.29) is 5.41 Å². The summed E-state index contributed by atoms with van der Waals surface area (Å²) in [5.74, 6) is -1.03. The van der Waals surface area contributed by atoms with E-state index in [2.05, 4.69) is 31.4 Å². The van der Waals surface area contributed by atoms with Crippen molar-refractivity contribution in [2.45, 2.75) is 65.5 Å². The van der Waals surface area contributed by atoms with Gasteiger partial charge in [-0.2, -0.15) is 0 Å². The summed E-state index contributed by atoms with van der Waals surface area (Å²) in [6.45, 7) is 10.6. The van der Waals surface area contributed by atoms with Crippen molar-refractivity contribution in [3.8, 4) is 0 Å². The van der Waals surface area contributed by atoms with E-state index in [9.17, 15) is 9.59 Å². The van der Waals surface area contributed by atoms with Crippen LogP contribution in [0.5, 0.6) is 0 Å². The molecule has 0 aliphatic heterocycles. The second-order valence-electron chi connectivity index (χ2n) is 7.25. The lowest BCUT2D eigenvalue weighted by Gasteiger charge is -2.33. The molecule has 0 bridgehead atoms. The number of rotatable bonds is 8. The summed E-state index contributed by atoms with van der Waals surface area (Å²) < 4.78 is 4.89. The molecule has 0 aromatic rings. The van der Waals surface area contributed by atoms with Gasteiger partial charge in [-0.3, -0.25) is 0 Å². The topological polar surface area (TPSA) is 87.7 Å². The van der Waals surface area contributed by atoms with E-state index < -0.39 is 23.6 Å². The Kier molecular flexibility index (Phi) is 7.71. The third kappa shape index (κ3) is 10.1. The minimum Gasteiger partial charge on any atom is -0.480 e. The lowest BCUT2D eigenvalue weighted by molar-refractivity contribution is -0.139. The first-order valence-electron chi connectivity index (χ1n) is 7.27. The molecule has 0 aromatic heterocycles. The highest BCUT2D eigenvalue weighted by atomic mass is 16.5. The van der Waals surface area contributed by atoms with Crippen LogP contribution in [0.25, 0.3) is 0 Å². The van der Waals surface area contributed by atoms with Crippen LogP contribution in [0, 0.1) is 5.41 Å². The van der Waals surface area contributed by atoms with E-state index >= 15 is 0 Å². The molecular weight excluding hydrogens is 272 g/mol. The molecule has 0 aliphatic rings. The van der Waals surface area contributed by atoms with Crippen LogP contribution in [0.2, 0.25) is 0 Å². The van der Waals surface area contributed by atoms with Crippen LogP contribution in [0.15, 0.2) is 0 Å². The minimum absolute atomic E-state index is 0.0709. The predicted molar refractivity (Wildman–Crippen MR) is 82.4 cm³/mol. The number of amides is 2. The van der Waals surface area contributed by atoms with Gasteiger partial charge in [-0.25, -0.2) is 9.59 Å². The number of carboxylic acids is 1. The summed E-state index contributed by atoms with van der Waals surface area (Å²) in [5, 5.41) is 14.5. The third-order valence-electron chi connectivity index (χ3n) is 2.87. The Morgan fingerprint density at radius 3 is 2.19 bits per heavy atom. The Hall–Kier alpha value is -1.30. The average molecular weight is 302 g/mol. The van der Waals surface area contributed by atoms with Crippen molar-refractivity contribution in [1.29, 1.82) is 0 Å².